The number of aromatic nitrogens is 2. The Balaban J connectivity index is 1.88. The lowest BCUT2D eigenvalue weighted by atomic mass is 10.3. The van der Waals surface area contributed by atoms with Crippen molar-refractivity contribution in [3.8, 4) is 5.75 Å². The van der Waals surface area contributed by atoms with Crippen molar-refractivity contribution in [3.63, 3.8) is 0 Å². The number of alkyl halides is 2. The Morgan fingerprint density at radius 3 is 2.80 bits per heavy atom. The first-order chi connectivity index (χ1) is 9.56. The van der Waals surface area contributed by atoms with Crippen molar-refractivity contribution in [2.75, 3.05) is 11.9 Å². The maximum Gasteiger partial charge on any atom is 0.291 e. The number of carbonyl (C=O) groups excluding carboxylic acids is 1. The van der Waals surface area contributed by atoms with Crippen LogP contribution in [0.3, 0.4) is 0 Å². The van der Waals surface area contributed by atoms with E-state index in [-0.39, 0.29) is 11.7 Å². The number of carbonyl (C=O) groups is 1. The predicted molar refractivity (Wildman–Crippen MR) is 70.4 cm³/mol. The molecule has 1 amide bonds. The number of halogens is 3. The first kappa shape index (κ1) is 14.6. The van der Waals surface area contributed by atoms with E-state index >= 15 is 0 Å². The molecule has 2 rings (SSSR count). The predicted octanol–water partition coefficient (Wildman–Crippen LogP) is 3.15. The number of anilines is 1. The number of hydrogen-bond donors (Lipinski definition) is 1. The van der Waals surface area contributed by atoms with E-state index in [0.717, 1.165) is 0 Å². The van der Waals surface area contributed by atoms with Gasteiger partial charge in [-0.3, -0.25) is 10.1 Å². The zero-order chi connectivity index (χ0) is 14.5. The minimum absolute atomic E-state index is 0.00643. The normalized spacial score (nSPS) is 10.6. The van der Waals surface area contributed by atoms with Gasteiger partial charge in [-0.15, -0.1) is 10.2 Å². The highest BCUT2D eigenvalue weighted by molar-refractivity contribution is 7.15. The molecular weight excluding hydrogens is 312 g/mol. The van der Waals surface area contributed by atoms with Crippen molar-refractivity contribution < 1.29 is 18.3 Å². The molecule has 5 nitrogen and oxygen atoms in total. The second kappa shape index (κ2) is 6.58. The van der Waals surface area contributed by atoms with Crippen molar-refractivity contribution in [3.05, 3.63) is 34.3 Å². The standard InChI is InChI=1S/C11H8ClF2N3O2S/c12-6-3-1-2-4-7(6)19-5-8(18)15-11-17-16-10(20-11)9(13)14/h1-4,9H,5H2,(H,15,17,18). The first-order valence-corrected chi connectivity index (χ1v) is 6.54. The van der Waals surface area contributed by atoms with Gasteiger partial charge < -0.3 is 4.74 Å². The van der Waals surface area contributed by atoms with E-state index in [9.17, 15) is 13.6 Å². The Bertz CT molecular complexity index is 609. The Morgan fingerprint density at radius 2 is 2.15 bits per heavy atom. The molecule has 0 saturated heterocycles. The number of benzene rings is 1. The van der Waals surface area contributed by atoms with Crippen LogP contribution in [0.1, 0.15) is 11.4 Å². The highest BCUT2D eigenvalue weighted by Gasteiger charge is 2.15. The Morgan fingerprint density at radius 1 is 1.40 bits per heavy atom. The molecule has 20 heavy (non-hydrogen) atoms. The van der Waals surface area contributed by atoms with Gasteiger partial charge in [-0.2, -0.15) is 0 Å². The molecular formula is C11H8ClF2N3O2S. The summed E-state index contributed by atoms with van der Waals surface area (Å²) in [6, 6.07) is 6.66. The molecule has 1 heterocycles. The van der Waals surface area contributed by atoms with Crippen LogP contribution in [-0.2, 0) is 4.79 Å². The summed E-state index contributed by atoms with van der Waals surface area (Å²) in [5.74, 6) is -0.184. The first-order valence-electron chi connectivity index (χ1n) is 5.35. The van der Waals surface area contributed by atoms with Crippen LogP contribution in [0.2, 0.25) is 5.02 Å². The van der Waals surface area contributed by atoms with Crippen LogP contribution < -0.4 is 10.1 Å². The van der Waals surface area contributed by atoms with Crippen LogP contribution in [0.4, 0.5) is 13.9 Å². The topological polar surface area (TPSA) is 64.1 Å². The summed E-state index contributed by atoms with van der Waals surface area (Å²) >= 11 is 6.45. The van der Waals surface area contributed by atoms with Crippen LogP contribution in [0.25, 0.3) is 0 Å². The quantitative estimate of drug-likeness (QED) is 0.919. The van der Waals surface area contributed by atoms with Crippen molar-refractivity contribution in [1.29, 1.82) is 0 Å². The van der Waals surface area contributed by atoms with E-state index in [1.165, 1.54) is 0 Å². The SMILES string of the molecule is O=C(COc1ccccc1Cl)Nc1nnc(C(F)F)s1. The van der Waals surface area contributed by atoms with Gasteiger partial charge in [0.1, 0.15) is 5.75 Å². The maximum atomic E-state index is 12.3. The number of amides is 1. The minimum atomic E-state index is -2.71. The molecule has 0 spiro atoms. The van der Waals surface area contributed by atoms with Gasteiger partial charge in [-0.1, -0.05) is 35.1 Å². The zero-order valence-electron chi connectivity index (χ0n) is 9.85. The summed E-state index contributed by atoms with van der Waals surface area (Å²) in [5, 5.41) is 8.89. The summed E-state index contributed by atoms with van der Waals surface area (Å²) in [4.78, 5) is 11.5. The van der Waals surface area contributed by atoms with Crippen LogP contribution in [-0.4, -0.2) is 22.7 Å². The van der Waals surface area contributed by atoms with Crippen LogP contribution >= 0.6 is 22.9 Å². The lowest BCUT2D eigenvalue weighted by Crippen LogP contribution is -2.20. The van der Waals surface area contributed by atoms with E-state index in [4.69, 9.17) is 16.3 Å². The van der Waals surface area contributed by atoms with Crippen LogP contribution in [0.15, 0.2) is 24.3 Å². The third-order valence-electron chi connectivity index (χ3n) is 2.07. The summed E-state index contributed by atoms with van der Waals surface area (Å²) < 4.78 is 29.8. The number of nitrogens with zero attached hydrogens (tertiary/aromatic N) is 2. The largest absolute Gasteiger partial charge is 0.482 e. The maximum absolute atomic E-state index is 12.3. The number of hydrogen-bond acceptors (Lipinski definition) is 5. The molecule has 106 valence electrons. The molecule has 0 unspecified atom stereocenters. The van der Waals surface area contributed by atoms with Crippen molar-refractivity contribution >= 4 is 34.0 Å². The summed E-state index contributed by atoms with van der Waals surface area (Å²) in [6.45, 7) is -0.312. The van der Waals surface area contributed by atoms with Gasteiger partial charge >= 0.3 is 0 Å². The van der Waals surface area contributed by atoms with Gasteiger partial charge in [0.05, 0.1) is 5.02 Å². The van der Waals surface area contributed by atoms with E-state index in [1.807, 2.05) is 0 Å². The summed E-state index contributed by atoms with van der Waals surface area (Å²) in [5.41, 5.74) is 0. The van der Waals surface area contributed by atoms with Gasteiger partial charge in [0.2, 0.25) is 5.13 Å². The Hall–Kier alpha value is -1.80. The van der Waals surface area contributed by atoms with E-state index in [0.29, 0.717) is 22.1 Å². The fourth-order valence-electron chi connectivity index (χ4n) is 1.23. The molecule has 1 aromatic carbocycles. The molecule has 0 fully saturated rings. The van der Waals surface area contributed by atoms with Gasteiger partial charge in [-0.05, 0) is 12.1 Å². The molecule has 2 aromatic rings. The highest BCUT2D eigenvalue weighted by Crippen LogP contribution is 2.25. The third-order valence-corrected chi connectivity index (χ3v) is 3.23. The molecule has 0 atom stereocenters. The van der Waals surface area contributed by atoms with Crippen molar-refractivity contribution in [2.24, 2.45) is 0 Å². The average molecular weight is 320 g/mol. The molecule has 0 aliphatic carbocycles. The Kier molecular flexibility index (Phi) is 4.80. The van der Waals surface area contributed by atoms with E-state index in [1.54, 1.807) is 24.3 Å². The van der Waals surface area contributed by atoms with Crippen LogP contribution in [0, 0.1) is 0 Å². The van der Waals surface area contributed by atoms with Crippen molar-refractivity contribution in [2.45, 2.75) is 6.43 Å². The minimum Gasteiger partial charge on any atom is -0.482 e. The van der Waals surface area contributed by atoms with Gasteiger partial charge in [0.15, 0.2) is 11.6 Å². The molecule has 0 aliphatic heterocycles. The highest BCUT2D eigenvalue weighted by atomic mass is 35.5. The lowest BCUT2D eigenvalue weighted by molar-refractivity contribution is -0.118. The molecule has 1 N–H and O–H groups in total. The van der Waals surface area contributed by atoms with E-state index in [2.05, 4.69) is 15.5 Å². The van der Waals surface area contributed by atoms with Gasteiger partial charge in [0, 0.05) is 0 Å². The average Bonchev–Trinajstić information content (AvgIpc) is 2.86. The van der Waals surface area contributed by atoms with Crippen molar-refractivity contribution in [1.82, 2.24) is 10.2 Å². The third kappa shape index (κ3) is 3.84. The van der Waals surface area contributed by atoms with Gasteiger partial charge in [-0.25, -0.2) is 8.78 Å². The fraction of sp³-hybridized carbons (Fsp3) is 0.182. The molecule has 0 saturated carbocycles. The number of nitrogens with one attached hydrogen (secondary N) is 1. The number of ether oxygens (including phenoxy) is 1. The molecule has 9 heteroatoms. The summed E-state index contributed by atoms with van der Waals surface area (Å²) in [7, 11) is 0. The second-order valence-electron chi connectivity index (χ2n) is 3.51. The molecule has 0 radical (unpaired) electrons. The fourth-order valence-corrected chi connectivity index (χ4v) is 2.04. The number of rotatable bonds is 5. The van der Waals surface area contributed by atoms with Crippen LogP contribution in [0.5, 0.6) is 5.75 Å². The number of para-hydroxylation sites is 1. The molecule has 0 bridgehead atoms. The monoisotopic (exact) mass is 319 g/mol. The molecule has 1 aromatic heterocycles. The smallest absolute Gasteiger partial charge is 0.291 e. The lowest BCUT2D eigenvalue weighted by Gasteiger charge is -2.06. The zero-order valence-corrected chi connectivity index (χ0v) is 11.4. The van der Waals surface area contributed by atoms with E-state index < -0.39 is 17.3 Å². The second-order valence-corrected chi connectivity index (χ2v) is 4.93. The Labute approximate surface area is 121 Å². The van der Waals surface area contributed by atoms with Gasteiger partial charge in [0.25, 0.3) is 12.3 Å². The molecule has 0 aliphatic rings. The summed E-state index contributed by atoms with van der Waals surface area (Å²) in [6.07, 6.45) is -2.71.